The minimum Gasteiger partial charge on any atom is -0.449 e. The van der Waals surface area contributed by atoms with Gasteiger partial charge in [-0.2, -0.15) is 0 Å². The molecule has 13 heavy (non-hydrogen) atoms. The van der Waals surface area contributed by atoms with Gasteiger partial charge in [0.2, 0.25) is 0 Å². The van der Waals surface area contributed by atoms with Crippen molar-refractivity contribution >= 4 is 13.9 Å². The zero-order valence-corrected chi connectivity index (χ0v) is 7.99. The van der Waals surface area contributed by atoms with Crippen LogP contribution in [0.25, 0.3) is 0 Å². The number of alkyl carbamates (subject to hydrolysis) is 1. The van der Waals surface area contributed by atoms with Crippen molar-refractivity contribution in [3.05, 3.63) is 0 Å². The van der Waals surface area contributed by atoms with E-state index in [1.54, 1.807) is 0 Å². The number of hydrogen-bond donors (Lipinski definition) is 3. The first-order valence-corrected chi connectivity index (χ1v) is 5.03. The van der Waals surface area contributed by atoms with Gasteiger partial charge in [0.05, 0.1) is 13.2 Å². The van der Waals surface area contributed by atoms with Crippen LogP contribution in [0, 0.1) is 0 Å². The molecule has 0 aliphatic heterocycles. The first kappa shape index (κ1) is 12.4. The second kappa shape index (κ2) is 5.93. The zero-order chi connectivity index (χ0) is 10.3. The lowest BCUT2D eigenvalue weighted by Gasteiger charge is -2.05. The fraction of sp³-hybridized carbons (Fsp3) is 0.800. The van der Waals surface area contributed by atoms with Gasteiger partial charge in [-0.05, 0) is 0 Å². The number of carbonyl (C=O) groups excluding carboxylic acids is 1. The number of rotatable bonds is 5. The van der Waals surface area contributed by atoms with E-state index in [2.05, 4.69) is 14.6 Å². The van der Waals surface area contributed by atoms with Crippen molar-refractivity contribution in [3.63, 3.8) is 0 Å². The summed E-state index contributed by atoms with van der Waals surface area (Å²) in [6, 6.07) is 0. The molecule has 0 aromatic rings. The largest absolute Gasteiger partial charge is 0.469 e. The molecule has 0 aliphatic carbocycles. The Labute approximate surface area is 75.3 Å². The van der Waals surface area contributed by atoms with Crippen LogP contribution in [0.5, 0.6) is 0 Å². The van der Waals surface area contributed by atoms with Crippen LogP contribution in [0.1, 0.15) is 6.42 Å². The standard InChI is InChI=1S/C5H12NO6P/c1-6-5(7)11-3-2-4-12-13(8,9)10/h2-4H2,1H3,(H,6,7)(H2,8,9,10). The summed E-state index contributed by atoms with van der Waals surface area (Å²) in [5.74, 6) is 0. The lowest BCUT2D eigenvalue weighted by Crippen LogP contribution is -2.20. The van der Waals surface area contributed by atoms with Crippen LogP contribution in [0.15, 0.2) is 0 Å². The molecule has 0 saturated heterocycles. The molecule has 0 saturated carbocycles. The summed E-state index contributed by atoms with van der Waals surface area (Å²) in [6.45, 7) is -0.0963. The number of hydrogen-bond acceptors (Lipinski definition) is 4. The highest BCUT2D eigenvalue weighted by Gasteiger charge is 2.12. The molecule has 0 aromatic heterocycles. The molecular formula is C5H12NO6P. The summed E-state index contributed by atoms with van der Waals surface area (Å²) in [6.07, 6.45) is -0.352. The predicted molar refractivity (Wildman–Crippen MR) is 43.0 cm³/mol. The van der Waals surface area contributed by atoms with Gasteiger partial charge >= 0.3 is 13.9 Å². The molecule has 0 fully saturated rings. The van der Waals surface area contributed by atoms with E-state index >= 15 is 0 Å². The molecule has 0 aliphatic rings. The Morgan fingerprint density at radius 2 is 2.08 bits per heavy atom. The number of phosphoric ester groups is 1. The predicted octanol–water partition coefficient (Wildman–Crippen LogP) is -0.158. The molecule has 0 heterocycles. The highest BCUT2D eigenvalue weighted by molar-refractivity contribution is 7.46. The average molecular weight is 213 g/mol. The van der Waals surface area contributed by atoms with Crippen LogP contribution < -0.4 is 5.32 Å². The third kappa shape index (κ3) is 9.29. The van der Waals surface area contributed by atoms with Crippen molar-refractivity contribution in [2.24, 2.45) is 0 Å². The fourth-order valence-electron chi connectivity index (χ4n) is 0.479. The molecule has 0 radical (unpaired) electrons. The van der Waals surface area contributed by atoms with Gasteiger partial charge in [-0.15, -0.1) is 0 Å². The van der Waals surface area contributed by atoms with Crippen LogP contribution >= 0.6 is 7.82 Å². The van der Waals surface area contributed by atoms with E-state index in [1.165, 1.54) is 7.05 Å². The van der Waals surface area contributed by atoms with E-state index in [4.69, 9.17) is 9.79 Å². The Bertz CT molecular complexity index is 201. The molecular weight excluding hydrogens is 201 g/mol. The Morgan fingerprint density at radius 3 is 2.54 bits per heavy atom. The molecule has 7 nitrogen and oxygen atoms in total. The smallest absolute Gasteiger partial charge is 0.449 e. The molecule has 8 heteroatoms. The normalized spacial score (nSPS) is 11.0. The summed E-state index contributed by atoms with van der Waals surface area (Å²) in [5, 5.41) is 2.22. The summed E-state index contributed by atoms with van der Waals surface area (Å²) < 4.78 is 18.8. The topological polar surface area (TPSA) is 105 Å². The molecule has 0 spiro atoms. The molecule has 78 valence electrons. The van der Waals surface area contributed by atoms with Gasteiger partial charge < -0.3 is 19.8 Å². The highest BCUT2D eigenvalue weighted by atomic mass is 31.2. The maximum atomic E-state index is 10.4. The zero-order valence-electron chi connectivity index (χ0n) is 7.10. The third-order valence-electron chi connectivity index (χ3n) is 0.985. The maximum Gasteiger partial charge on any atom is 0.469 e. The van der Waals surface area contributed by atoms with E-state index in [1.807, 2.05) is 0 Å². The quantitative estimate of drug-likeness (QED) is 0.433. The summed E-state index contributed by atoms with van der Waals surface area (Å²) in [4.78, 5) is 26.9. The molecule has 0 aromatic carbocycles. The van der Waals surface area contributed by atoms with E-state index in [0.717, 1.165) is 0 Å². The molecule has 0 atom stereocenters. The number of nitrogens with one attached hydrogen (secondary N) is 1. The van der Waals surface area contributed by atoms with E-state index in [0.29, 0.717) is 0 Å². The lowest BCUT2D eigenvalue weighted by molar-refractivity contribution is 0.133. The van der Waals surface area contributed by atoms with Gasteiger partial charge in [-0.25, -0.2) is 9.36 Å². The SMILES string of the molecule is CNC(=O)OCCCOP(=O)(O)O. The van der Waals surface area contributed by atoms with E-state index in [-0.39, 0.29) is 19.6 Å². The first-order chi connectivity index (χ1) is 5.95. The van der Waals surface area contributed by atoms with Crippen LogP contribution in [0.2, 0.25) is 0 Å². The minimum atomic E-state index is -4.39. The van der Waals surface area contributed by atoms with E-state index in [9.17, 15) is 9.36 Å². The Morgan fingerprint density at radius 1 is 1.46 bits per heavy atom. The fourth-order valence-corrected chi connectivity index (χ4v) is 0.846. The average Bonchev–Trinajstić information content (AvgIpc) is 2.01. The Kier molecular flexibility index (Phi) is 5.65. The van der Waals surface area contributed by atoms with Crippen molar-refractivity contribution in [2.75, 3.05) is 20.3 Å². The second-order valence-corrected chi connectivity index (χ2v) is 3.30. The second-order valence-electron chi connectivity index (χ2n) is 2.06. The molecule has 1 amide bonds. The van der Waals surface area contributed by atoms with Crippen molar-refractivity contribution < 1.29 is 28.4 Å². The summed E-state index contributed by atoms with van der Waals surface area (Å²) >= 11 is 0. The van der Waals surface area contributed by atoms with E-state index < -0.39 is 13.9 Å². The lowest BCUT2D eigenvalue weighted by atomic mass is 10.5. The van der Waals surface area contributed by atoms with Gasteiger partial charge in [0, 0.05) is 13.5 Å². The first-order valence-electron chi connectivity index (χ1n) is 3.50. The summed E-state index contributed by atoms with van der Waals surface area (Å²) in [5.41, 5.74) is 0. The van der Waals surface area contributed by atoms with Crippen LogP contribution in [0.4, 0.5) is 4.79 Å². The Hall–Kier alpha value is -0.620. The van der Waals surface area contributed by atoms with Crippen molar-refractivity contribution in [1.29, 1.82) is 0 Å². The van der Waals surface area contributed by atoms with Crippen LogP contribution in [0.3, 0.4) is 0 Å². The van der Waals surface area contributed by atoms with Crippen molar-refractivity contribution in [1.82, 2.24) is 5.32 Å². The Balaban J connectivity index is 3.27. The van der Waals surface area contributed by atoms with Gasteiger partial charge in [0.15, 0.2) is 0 Å². The van der Waals surface area contributed by atoms with Gasteiger partial charge in [0.25, 0.3) is 0 Å². The number of carbonyl (C=O) groups is 1. The number of ether oxygens (including phenoxy) is 1. The maximum absolute atomic E-state index is 10.4. The monoisotopic (exact) mass is 213 g/mol. The molecule has 0 bridgehead atoms. The van der Waals surface area contributed by atoms with Crippen molar-refractivity contribution in [3.8, 4) is 0 Å². The molecule has 0 unspecified atom stereocenters. The van der Waals surface area contributed by atoms with Gasteiger partial charge in [0.1, 0.15) is 0 Å². The van der Waals surface area contributed by atoms with Gasteiger partial charge in [-0.3, -0.25) is 4.52 Å². The summed E-state index contributed by atoms with van der Waals surface area (Å²) in [7, 11) is -2.98. The highest BCUT2D eigenvalue weighted by Crippen LogP contribution is 2.35. The van der Waals surface area contributed by atoms with Crippen LogP contribution in [-0.2, 0) is 13.8 Å². The number of phosphoric acid groups is 1. The molecule has 3 N–H and O–H groups in total. The van der Waals surface area contributed by atoms with Crippen LogP contribution in [-0.4, -0.2) is 36.1 Å². The van der Waals surface area contributed by atoms with Crippen molar-refractivity contribution in [2.45, 2.75) is 6.42 Å². The van der Waals surface area contributed by atoms with Gasteiger partial charge in [-0.1, -0.05) is 0 Å². The molecule has 0 rings (SSSR count). The number of amides is 1. The minimum absolute atomic E-state index is 0.0552. The third-order valence-corrected chi connectivity index (χ3v) is 1.50.